The number of carbonyl (C=O) groups excluding carboxylic acids is 1. The van der Waals surface area contributed by atoms with E-state index in [0.717, 1.165) is 31.7 Å². The molecule has 3 fully saturated rings. The van der Waals surface area contributed by atoms with Gasteiger partial charge in [-0.25, -0.2) is 0 Å². The molecule has 0 aromatic carbocycles. The van der Waals surface area contributed by atoms with Gasteiger partial charge < -0.3 is 10.6 Å². The van der Waals surface area contributed by atoms with Crippen molar-refractivity contribution in [3.63, 3.8) is 0 Å². The van der Waals surface area contributed by atoms with Gasteiger partial charge in [0.1, 0.15) is 0 Å². The van der Waals surface area contributed by atoms with Gasteiger partial charge in [-0.15, -0.1) is 0 Å². The minimum atomic E-state index is 0.125. The number of amides is 1. The third-order valence-corrected chi connectivity index (χ3v) is 5.34. The lowest BCUT2D eigenvalue weighted by Crippen LogP contribution is -2.45. The normalized spacial score (nSPS) is 32.5. The quantitative estimate of drug-likeness (QED) is 0.848. The van der Waals surface area contributed by atoms with Crippen LogP contribution in [0, 0.1) is 11.8 Å². The van der Waals surface area contributed by atoms with Crippen LogP contribution in [-0.2, 0) is 4.79 Å². The predicted octanol–water partition coefficient (Wildman–Crippen LogP) is 2.69. The first kappa shape index (κ1) is 13.4. The number of carbonyl (C=O) groups is 1. The maximum absolute atomic E-state index is 12.8. The highest BCUT2D eigenvalue weighted by atomic mass is 16.2. The van der Waals surface area contributed by atoms with Crippen molar-refractivity contribution in [2.24, 2.45) is 17.6 Å². The SMILES string of the molecule is NC1CCCC1C(=O)N(CC1CCCCC1)C1CC1. The Morgan fingerprint density at radius 2 is 1.68 bits per heavy atom. The van der Waals surface area contributed by atoms with E-state index in [1.54, 1.807) is 0 Å². The summed E-state index contributed by atoms with van der Waals surface area (Å²) in [6.07, 6.45) is 12.4. The Labute approximate surface area is 116 Å². The predicted molar refractivity (Wildman–Crippen MR) is 76.6 cm³/mol. The van der Waals surface area contributed by atoms with Crippen molar-refractivity contribution in [3.8, 4) is 0 Å². The van der Waals surface area contributed by atoms with Crippen molar-refractivity contribution >= 4 is 5.91 Å². The van der Waals surface area contributed by atoms with Crippen LogP contribution in [0.1, 0.15) is 64.2 Å². The van der Waals surface area contributed by atoms with E-state index in [0.29, 0.717) is 11.9 Å². The molecule has 0 bridgehead atoms. The third-order valence-electron chi connectivity index (χ3n) is 5.34. The maximum Gasteiger partial charge on any atom is 0.227 e. The van der Waals surface area contributed by atoms with Crippen LogP contribution in [-0.4, -0.2) is 29.4 Å². The molecule has 0 aromatic heterocycles. The summed E-state index contributed by atoms with van der Waals surface area (Å²) in [6.45, 7) is 1.02. The van der Waals surface area contributed by atoms with Gasteiger partial charge in [0, 0.05) is 18.6 Å². The zero-order valence-electron chi connectivity index (χ0n) is 12.0. The topological polar surface area (TPSA) is 46.3 Å². The summed E-state index contributed by atoms with van der Waals surface area (Å²) in [5.74, 6) is 1.28. The van der Waals surface area contributed by atoms with Crippen LogP contribution in [0.15, 0.2) is 0 Å². The van der Waals surface area contributed by atoms with Gasteiger partial charge in [-0.1, -0.05) is 25.7 Å². The molecule has 3 heteroatoms. The first-order valence-electron chi connectivity index (χ1n) is 8.32. The van der Waals surface area contributed by atoms with Gasteiger partial charge >= 0.3 is 0 Å². The number of nitrogens with two attached hydrogens (primary N) is 1. The van der Waals surface area contributed by atoms with Gasteiger partial charge in [-0.2, -0.15) is 0 Å². The smallest absolute Gasteiger partial charge is 0.227 e. The van der Waals surface area contributed by atoms with Crippen molar-refractivity contribution in [2.45, 2.75) is 76.3 Å². The van der Waals surface area contributed by atoms with Crippen molar-refractivity contribution in [1.82, 2.24) is 4.90 Å². The second-order valence-electron chi connectivity index (χ2n) is 6.93. The molecule has 3 nitrogen and oxygen atoms in total. The molecule has 1 amide bonds. The van der Waals surface area contributed by atoms with E-state index >= 15 is 0 Å². The summed E-state index contributed by atoms with van der Waals surface area (Å²) in [4.78, 5) is 15.0. The highest BCUT2D eigenvalue weighted by Crippen LogP contribution is 2.35. The molecule has 0 radical (unpaired) electrons. The highest BCUT2D eigenvalue weighted by molar-refractivity contribution is 5.80. The Bertz CT molecular complexity index is 321. The Balaban J connectivity index is 1.61. The van der Waals surface area contributed by atoms with Gasteiger partial charge in [-0.3, -0.25) is 4.79 Å². The van der Waals surface area contributed by atoms with Crippen LogP contribution in [0.5, 0.6) is 0 Å². The molecule has 2 atom stereocenters. The monoisotopic (exact) mass is 264 g/mol. The molecule has 19 heavy (non-hydrogen) atoms. The van der Waals surface area contributed by atoms with E-state index in [1.807, 2.05) is 0 Å². The van der Waals surface area contributed by atoms with Gasteiger partial charge in [0.05, 0.1) is 5.92 Å². The lowest BCUT2D eigenvalue weighted by atomic mass is 9.88. The van der Waals surface area contributed by atoms with Gasteiger partial charge in [0.2, 0.25) is 5.91 Å². The molecule has 3 saturated carbocycles. The van der Waals surface area contributed by atoms with Crippen LogP contribution in [0.4, 0.5) is 0 Å². The minimum Gasteiger partial charge on any atom is -0.339 e. The summed E-state index contributed by atoms with van der Waals surface area (Å²) in [6, 6.07) is 0.683. The molecule has 3 aliphatic carbocycles. The lowest BCUT2D eigenvalue weighted by Gasteiger charge is -2.32. The van der Waals surface area contributed by atoms with Crippen LogP contribution in [0.2, 0.25) is 0 Å². The Morgan fingerprint density at radius 3 is 2.26 bits per heavy atom. The fraction of sp³-hybridized carbons (Fsp3) is 0.938. The van der Waals surface area contributed by atoms with E-state index in [4.69, 9.17) is 5.73 Å². The molecule has 3 aliphatic rings. The Morgan fingerprint density at radius 1 is 0.947 bits per heavy atom. The summed E-state index contributed by atoms with van der Waals surface area (Å²) in [7, 11) is 0. The number of hydrogen-bond donors (Lipinski definition) is 1. The molecule has 0 spiro atoms. The zero-order valence-corrected chi connectivity index (χ0v) is 12.0. The van der Waals surface area contributed by atoms with Crippen LogP contribution in [0.25, 0.3) is 0 Å². The van der Waals surface area contributed by atoms with Crippen LogP contribution < -0.4 is 5.73 Å². The van der Waals surface area contributed by atoms with Crippen molar-refractivity contribution in [3.05, 3.63) is 0 Å². The Hall–Kier alpha value is -0.570. The summed E-state index contributed by atoms with van der Waals surface area (Å²) < 4.78 is 0. The summed E-state index contributed by atoms with van der Waals surface area (Å²) in [5, 5.41) is 0. The lowest BCUT2D eigenvalue weighted by molar-refractivity contribution is -0.137. The van der Waals surface area contributed by atoms with E-state index in [-0.39, 0.29) is 12.0 Å². The molecule has 0 aliphatic heterocycles. The number of nitrogens with zero attached hydrogens (tertiary/aromatic N) is 1. The first-order valence-corrected chi connectivity index (χ1v) is 8.32. The highest BCUT2D eigenvalue weighted by Gasteiger charge is 2.40. The fourth-order valence-electron chi connectivity index (χ4n) is 3.96. The average molecular weight is 264 g/mol. The minimum absolute atomic E-state index is 0.125. The molecule has 2 N–H and O–H groups in total. The molecule has 108 valence electrons. The summed E-state index contributed by atoms with van der Waals surface area (Å²) in [5.41, 5.74) is 6.12. The number of hydrogen-bond acceptors (Lipinski definition) is 2. The molecule has 0 aromatic rings. The molecule has 2 unspecified atom stereocenters. The molecule has 3 rings (SSSR count). The van der Waals surface area contributed by atoms with E-state index < -0.39 is 0 Å². The van der Waals surface area contributed by atoms with Gasteiger partial charge in [0.15, 0.2) is 0 Å². The average Bonchev–Trinajstić information content (AvgIpc) is 3.18. The van der Waals surface area contributed by atoms with E-state index in [2.05, 4.69) is 4.90 Å². The molecular weight excluding hydrogens is 236 g/mol. The fourth-order valence-corrected chi connectivity index (χ4v) is 3.96. The van der Waals surface area contributed by atoms with Gasteiger partial charge in [-0.05, 0) is 44.4 Å². The molecule has 0 heterocycles. The Kier molecular flexibility index (Phi) is 4.11. The van der Waals surface area contributed by atoms with E-state index in [9.17, 15) is 4.79 Å². The van der Waals surface area contributed by atoms with Gasteiger partial charge in [0.25, 0.3) is 0 Å². The second kappa shape index (κ2) is 5.82. The van der Waals surface area contributed by atoms with Crippen LogP contribution >= 0.6 is 0 Å². The van der Waals surface area contributed by atoms with Crippen molar-refractivity contribution in [1.29, 1.82) is 0 Å². The number of rotatable bonds is 4. The second-order valence-corrected chi connectivity index (χ2v) is 6.93. The maximum atomic E-state index is 12.8. The zero-order chi connectivity index (χ0) is 13.2. The van der Waals surface area contributed by atoms with Crippen LogP contribution in [0.3, 0.4) is 0 Å². The third kappa shape index (κ3) is 3.13. The molecule has 0 saturated heterocycles. The summed E-state index contributed by atoms with van der Waals surface area (Å²) >= 11 is 0. The largest absolute Gasteiger partial charge is 0.339 e. The van der Waals surface area contributed by atoms with Crippen molar-refractivity contribution in [2.75, 3.05) is 6.54 Å². The van der Waals surface area contributed by atoms with E-state index in [1.165, 1.54) is 44.9 Å². The first-order chi connectivity index (χ1) is 9.25. The standard InChI is InChI=1S/C16H28N2O/c17-15-8-4-7-14(15)16(19)18(13-9-10-13)11-12-5-2-1-3-6-12/h12-15H,1-11,17H2. The van der Waals surface area contributed by atoms with Crippen molar-refractivity contribution < 1.29 is 4.79 Å². The molecular formula is C16H28N2O.